The van der Waals surface area contributed by atoms with Crippen LogP contribution in [0.25, 0.3) is 22.5 Å². The molecule has 3 N–H and O–H groups in total. The van der Waals surface area contributed by atoms with Crippen LogP contribution in [-0.4, -0.2) is 33.2 Å². The third-order valence-electron chi connectivity index (χ3n) is 5.00. The number of aliphatic carboxylic acids is 1. The maximum absolute atomic E-state index is 13.0. The lowest BCUT2D eigenvalue weighted by molar-refractivity contribution is -0.139. The Labute approximate surface area is 179 Å². The van der Waals surface area contributed by atoms with Crippen LogP contribution in [0.5, 0.6) is 0 Å². The highest BCUT2D eigenvalue weighted by atomic mass is 16.4. The molecule has 0 aliphatic heterocycles. The van der Waals surface area contributed by atoms with E-state index in [0.717, 1.165) is 16.8 Å². The van der Waals surface area contributed by atoms with Crippen LogP contribution in [0.2, 0.25) is 0 Å². The molecule has 1 atom stereocenters. The highest BCUT2D eigenvalue weighted by Gasteiger charge is 2.23. The lowest BCUT2D eigenvalue weighted by Gasteiger charge is -2.16. The Morgan fingerprint density at radius 1 is 0.903 bits per heavy atom. The van der Waals surface area contributed by atoms with Gasteiger partial charge in [0, 0.05) is 23.1 Å². The van der Waals surface area contributed by atoms with Gasteiger partial charge in [0.05, 0.1) is 11.4 Å². The lowest BCUT2D eigenvalue weighted by Crippen LogP contribution is -2.42. The number of H-pyrrole nitrogens is 1. The highest BCUT2D eigenvalue weighted by molar-refractivity contribution is 6.02. The second kappa shape index (κ2) is 9.09. The average Bonchev–Trinajstić information content (AvgIpc) is 3.30. The van der Waals surface area contributed by atoms with Crippen molar-refractivity contribution in [3.8, 4) is 22.5 Å². The molecule has 0 bridgehead atoms. The molecule has 1 aromatic heterocycles. The molecule has 6 heteroatoms. The van der Waals surface area contributed by atoms with E-state index in [-0.39, 0.29) is 6.42 Å². The number of carbonyl (C=O) groups is 2. The van der Waals surface area contributed by atoms with E-state index in [9.17, 15) is 14.7 Å². The molecule has 0 aliphatic carbocycles. The molecule has 4 rings (SSSR count). The van der Waals surface area contributed by atoms with Gasteiger partial charge in [-0.15, -0.1) is 0 Å². The zero-order chi connectivity index (χ0) is 21.6. The Morgan fingerprint density at radius 3 is 2.26 bits per heavy atom. The second-order valence-corrected chi connectivity index (χ2v) is 7.13. The van der Waals surface area contributed by atoms with Crippen molar-refractivity contribution in [1.82, 2.24) is 15.5 Å². The number of nitrogens with zero attached hydrogens (tertiary/aromatic N) is 1. The van der Waals surface area contributed by atoms with Crippen molar-refractivity contribution in [3.05, 3.63) is 102 Å². The summed E-state index contributed by atoms with van der Waals surface area (Å²) < 4.78 is 0. The van der Waals surface area contributed by atoms with Crippen molar-refractivity contribution in [2.24, 2.45) is 0 Å². The summed E-state index contributed by atoms with van der Waals surface area (Å²) in [6.07, 6.45) is 0.201. The number of nitrogens with one attached hydrogen (secondary N) is 2. The molecule has 0 radical (unpaired) electrons. The summed E-state index contributed by atoms with van der Waals surface area (Å²) in [6.45, 7) is 0. The molecule has 0 aliphatic rings. The van der Waals surface area contributed by atoms with Gasteiger partial charge in [0.25, 0.3) is 5.91 Å². The van der Waals surface area contributed by atoms with Gasteiger partial charge in [-0.1, -0.05) is 78.9 Å². The lowest BCUT2D eigenvalue weighted by atomic mass is 10.0. The molecule has 0 saturated carbocycles. The molecular formula is C25H21N3O3. The number of hydrogen-bond acceptors (Lipinski definition) is 3. The minimum absolute atomic E-state index is 0.201. The predicted molar refractivity (Wildman–Crippen MR) is 118 cm³/mol. The minimum atomic E-state index is -1.08. The maximum Gasteiger partial charge on any atom is 0.326 e. The number of amides is 1. The molecule has 0 fully saturated rings. The number of benzene rings is 3. The van der Waals surface area contributed by atoms with E-state index in [1.165, 1.54) is 0 Å². The van der Waals surface area contributed by atoms with Crippen molar-refractivity contribution < 1.29 is 14.7 Å². The van der Waals surface area contributed by atoms with Crippen molar-refractivity contribution in [2.45, 2.75) is 12.5 Å². The molecule has 0 saturated heterocycles. The third-order valence-corrected chi connectivity index (χ3v) is 5.00. The summed E-state index contributed by atoms with van der Waals surface area (Å²) in [4.78, 5) is 24.8. The van der Waals surface area contributed by atoms with Gasteiger partial charge in [-0.25, -0.2) is 4.79 Å². The Morgan fingerprint density at radius 2 is 1.55 bits per heavy atom. The van der Waals surface area contributed by atoms with Crippen LogP contribution in [0.3, 0.4) is 0 Å². The first-order valence-corrected chi connectivity index (χ1v) is 9.89. The molecule has 154 valence electrons. The summed E-state index contributed by atoms with van der Waals surface area (Å²) >= 11 is 0. The van der Waals surface area contributed by atoms with Crippen molar-refractivity contribution in [1.29, 1.82) is 0 Å². The van der Waals surface area contributed by atoms with Gasteiger partial charge >= 0.3 is 5.97 Å². The number of carboxylic acid groups (broad SMARTS) is 1. The van der Waals surface area contributed by atoms with Gasteiger partial charge in [-0.2, -0.15) is 5.10 Å². The van der Waals surface area contributed by atoms with E-state index < -0.39 is 17.9 Å². The van der Waals surface area contributed by atoms with E-state index in [4.69, 9.17) is 0 Å². The van der Waals surface area contributed by atoms with E-state index in [0.29, 0.717) is 16.8 Å². The number of aromatic nitrogens is 2. The molecule has 1 amide bonds. The van der Waals surface area contributed by atoms with Gasteiger partial charge in [0.2, 0.25) is 0 Å². The normalized spacial score (nSPS) is 11.6. The molecule has 31 heavy (non-hydrogen) atoms. The average molecular weight is 411 g/mol. The van der Waals surface area contributed by atoms with Crippen LogP contribution in [0.4, 0.5) is 0 Å². The minimum Gasteiger partial charge on any atom is -0.480 e. The first kappa shape index (κ1) is 20.1. The first-order chi connectivity index (χ1) is 15.1. The fourth-order valence-corrected chi connectivity index (χ4v) is 3.42. The summed E-state index contributed by atoms with van der Waals surface area (Å²) in [5.74, 6) is -1.53. The topological polar surface area (TPSA) is 95.1 Å². The van der Waals surface area contributed by atoms with Gasteiger partial charge in [-0.05, 0) is 17.7 Å². The van der Waals surface area contributed by atoms with Gasteiger partial charge in [-0.3, -0.25) is 9.89 Å². The van der Waals surface area contributed by atoms with Crippen LogP contribution in [0.1, 0.15) is 15.9 Å². The Kier molecular flexibility index (Phi) is 5.89. The smallest absolute Gasteiger partial charge is 0.326 e. The van der Waals surface area contributed by atoms with Crippen molar-refractivity contribution in [3.63, 3.8) is 0 Å². The highest BCUT2D eigenvalue weighted by Crippen LogP contribution is 2.26. The zero-order valence-corrected chi connectivity index (χ0v) is 16.7. The summed E-state index contributed by atoms with van der Waals surface area (Å²) in [6, 6.07) is 26.8. The largest absolute Gasteiger partial charge is 0.480 e. The standard InChI is InChI=1S/C25H21N3O3/c29-24(26-23(25(30)31)15-17-9-3-1-4-10-17)20-14-8-7-13-19(20)22-16-21(27-28-22)18-11-5-2-6-12-18/h1-14,16,23H,15H2,(H,26,29)(H,27,28)(H,30,31)/t23-/m0/s1. The van der Waals surface area contributed by atoms with Crippen LogP contribution in [0.15, 0.2) is 91.0 Å². The summed E-state index contributed by atoms with van der Waals surface area (Å²) in [5, 5.41) is 19.6. The molecule has 0 spiro atoms. The van der Waals surface area contributed by atoms with Crippen LogP contribution >= 0.6 is 0 Å². The summed E-state index contributed by atoms with van der Waals surface area (Å²) in [7, 11) is 0. The Bertz CT molecular complexity index is 1190. The predicted octanol–water partition coefficient (Wildman–Crippen LogP) is 4.17. The zero-order valence-electron chi connectivity index (χ0n) is 16.7. The molecule has 4 aromatic rings. The fraction of sp³-hybridized carbons (Fsp3) is 0.0800. The molecule has 1 heterocycles. The van der Waals surface area contributed by atoms with E-state index >= 15 is 0 Å². The number of carboxylic acids is 1. The first-order valence-electron chi connectivity index (χ1n) is 9.89. The van der Waals surface area contributed by atoms with E-state index in [2.05, 4.69) is 15.5 Å². The van der Waals surface area contributed by atoms with Crippen LogP contribution in [-0.2, 0) is 11.2 Å². The van der Waals surface area contributed by atoms with E-state index in [1.54, 1.807) is 12.1 Å². The van der Waals surface area contributed by atoms with Gasteiger partial charge < -0.3 is 10.4 Å². The monoisotopic (exact) mass is 411 g/mol. The number of rotatable bonds is 7. The molecule has 0 unspecified atom stereocenters. The van der Waals surface area contributed by atoms with Gasteiger partial charge in [0.15, 0.2) is 0 Å². The quantitative estimate of drug-likeness (QED) is 0.425. The molecular weight excluding hydrogens is 390 g/mol. The Balaban J connectivity index is 1.58. The third kappa shape index (κ3) is 4.70. The molecule has 3 aromatic carbocycles. The van der Waals surface area contributed by atoms with Crippen LogP contribution in [0, 0.1) is 0 Å². The number of carbonyl (C=O) groups excluding carboxylic acids is 1. The maximum atomic E-state index is 13.0. The van der Waals surface area contributed by atoms with Gasteiger partial charge in [0.1, 0.15) is 6.04 Å². The second-order valence-electron chi connectivity index (χ2n) is 7.13. The number of hydrogen-bond donors (Lipinski definition) is 3. The number of aromatic amines is 1. The van der Waals surface area contributed by atoms with Crippen LogP contribution < -0.4 is 5.32 Å². The van der Waals surface area contributed by atoms with Crippen molar-refractivity contribution in [2.75, 3.05) is 0 Å². The van der Waals surface area contributed by atoms with Crippen molar-refractivity contribution >= 4 is 11.9 Å². The summed E-state index contributed by atoms with van der Waals surface area (Å²) in [5.41, 5.74) is 4.27. The Hall–Kier alpha value is -4.19. The SMILES string of the molecule is O=C(N[C@@H](Cc1ccccc1)C(=O)O)c1ccccc1-c1cc(-c2ccccc2)n[nH]1. The molecule has 6 nitrogen and oxygen atoms in total. The van der Waals surface area contributed by atoms with E-state index in [1.807, 2.05) is 78.9 Å². The fourth-order valence-electron chi connectivity index (χ4n) is 3.42.